The minimum atomic E-state index is 0.806. The fraction of sp³-hybridized carbons (Fsp3) is 0.429. The number of nitrogens with zero attached hydrogens (tertiary/aromatic N) is 3. The topological polar surface area (TPSA) is 55.0 Å². The predicted octanol–water partition coefficient (Wildman–Crippen LogP) is 3.10. The normalized spacial score (nSPS) is 10.6. The number of rotatable bonds is 6. The summed E-state index contributed by atoms with van der Waals surface area (Å²) in [7, 11) is 0. The average Bonchev–Trinajstić information content (AvgIpc) is 2.87. The standard InChI is InChI=1S/C14H20N4S/c1-3-8-18(14-16-13(4-2)17-19-14)10-11-6-5-7-12(15)9-11/h5-7,9H,3-4,8,10,15H2,1-2H3. The van der Waals surface area contributed by atoms with Crippen LogP contribution in [0.3, 0.4) is 0 Å². The molecule has 0 aliphatic rings. The monoisotopic (exact) mass is 276 g/mol. The molecule has 1 aromatic carbocycles. The van der Waals surface area contributed by atoms with Gasteiger partial charge in [0, 0.05) is 36.7 Å². The highest BCUT2D eigenvalue weighted by atomic mass is 32.1. The molecule has 0 amide bonds. The van der Waals surface area contributed by atoms with Crippen LogP contribution in [0, 0.1) is 0 Å². The van der Waals surface area contributed by atoms with E-state index in [1.807, 2.05) is 18.2 Å². The summed E-state index contributed by atoms with van der Waals surface area (Å²) in [5.41, 5.74) is 7.84. The second-order valence-corrected chi connectivity index (χ2v) is 5.24. The van der Waals surface area contributed by atoms with E-state index in [-0.39, 0.29) is 0 Å². The van der Waals surface area contributed by atoms with Gasteiger partial charge < -0.3 is 10.6 Å². The fourth-order valence-electron chi connectivity index (χ4n) is 1.94. The third kappa shape index (κ3) is 3.67. The molecule has 4 nitrogen and oxygen atoms in total. The lowest BCUT2D eigenvalue weighted by atomic mass is 10.2. The molecule has 0 saturated heterocycles. The Labute approximate surface area is 118 Å². The molecule has 5 heteroatoms. The zero-order valence-electron chi connectivity index (χ0n) is 11.5. The van der Waals surface area contributed by atoms with Gasteiger partial charge in [-0.25, -0.2) is 4.98 Å². The third-order valence-corrected chi connectivity index (χ3v) is 3.68. The Morgan fingerprint density at radius 2 is 2.16 bits per heavy atom. The molecule has 1 aromatic heterocycles. The second kappa shape index (κ2) is 6.52. The van der Waals surface area contributed by atoms with Gasteiger partial charge in [0.05, 0.1) is 0 Å². The van der Waals surface area contributed by atoms with Crippen LogP contribution in [-0.4, -0.2) is 15.9 Å². The molecule has 2 rings (SSSR count). The first kappa shape index (κ1) is 13.8. The molecule has 0 saturated carbocycles. The maximum absolute atomic E-state index is 5.83. The van der Waals surface area contributed by atoms with E-state index in [9.17, 15) is 0 Å². The van der Waals surface area contributed by atoms with Crippen LogP contribution in [0.5, 0.6) is 0 Å². The summed E-state index contributed by atoms with van der Waals surface area (Å²) < 4.78 is 4.36. The molecule has 0 unspecified atom stereocenters. The van der Waals surface area contributed by atoms with E-state index in [2.05, 4.69) is 34.2 Å². The number of hydrogen-bond donors (Lipinski definition) is 1. The van der Waals surface area contributed by atoms with E-state index < -0.39 is 0 Å². The molecule has 2 aromatic rings. The summed E-state index contributed by atoms with van der Waals surface area (Å²) in [5, 5.41) is 1.00. The zero-order valence-corrected chi connectivity index (χ0v) is 12.3. The van der Waals surface area contributed by atoms with Crippen molar-refractivity contribution in [2.45, 2.75) is 33.2 Å². The molecule has 2 N–H and O–H groups in total. The van der Waals surface area contributed by atoms with Gasteiger partial charge in [0.1, 0.15) is 5.82 Å². The van der Waals surface area contributed by atoms with Crippen molar-refractivity contribution in [2.24, 2.45) is 0 Å². The zero-order chi connectivity index (χ0) is 13.7. The SMILES string of the molecule is CCCN(Cc1cccc(N)c1)c1nc(CC)ns1. The Hall–Kier alpha value is -1.62. The Morgan fingerprint density at radius 3 is 2.79 bits per heavy atom. The molecular weight excluding hydrogens is 256 g/mol. The molecule has 102 valence electrons. The van der Waals surface area contributed by atoms with Crippen molar-refractivity contribution in [3.63, 3.8) is 0 Å². The van der Waals surface area contributed by atoms with Gasteiger partial charge in [0.25, 0.3) is 0 Å². The van der Waals surface area contributed by atoms with E-state index >= 15 is 0 Å². The molecule has 0 fully saturated rings. The summed E-state index contributed by atoms with van der Waals surface area (Å²) in [6.07, 6.45) is 1.97. The van der Waals surface area contributed by atoms with Gasteiger partial charge in [-0.15, -0.1) is 0 Å². The van der Waals surface area contributed by atoms with Gasteiger partial charge >= 0.3 is 0 Å². The van der Waals surface area contributed by atoms with Crippen LogP contribution in [0.2, 0.25) is 0 Å². The van der Waals surface area contributed by atoms with Gasteiger partial charge in [-0.3, -0.25) is 0 Å². The van der Waals surface area contributed by atoms with E-state index in [4.69, 9.17) is 5.73 Å². The molecule has 0 bridgehead atoms. The summed E-state index contributed by atoms with van der Waals surface area (Å²) in [4.78, 5) is 6.84. The Bertz CT molecular complexity index is 524. The number of aryl methyl sites for hydroxylation is 1. The number of hydrogen-bond acceptors (Lipinski definition) is 5. The third-order valence-electron chi connectivity index (χ3n) is 2.86. The van der Waals surface area contributed by atoms with Crippen LogP contribution in [0.15, 0.2) is 24.3 Å². The maximum Gasteiger partial charge on any atom is 0.205 e. The summed E-state index contributed by atoms with van der Waals surface area (Å²) >= 11 is 1.48. The number of nitrogens with two attached hydrogens (primary N) is 1. The predicted molar refractivity (Wildman–Crippen MR) is 81.5 cm³/mol. The van der Waals surface area contributed by atoms with E-state index in [1.165, 1.54) is 17.1 Å². The van der Waals surface area contributed by atoms with Crippen LogP contribution in [0.4, 0.5) is 10.8 Å². The number of benzene rings is 1. The van der Waals surface area contributed by atoms with E-state index in [0.717, 1.165) is 42.6 Å². The highest BCUT2D eigenvalue weighted by Crippen LogP contribution is 2.21. The number of anilines is 2. The molecule has 0 aliphatic carbocycles. The maximum atomic E-state index is 5.83. The van der Waals surface area contributed by atoms with E-state index in [0.29, 0.717) is 0 Å². The Morgan fingerprint density at radius 1 is 1.32 bits per heavy atom. The largest absolute Gasteiger partial charge is 0.399 e. The summed E-state index contributed by atoms with van der Waals surface area (Å²) in [5.74, 6) is 0.925. The molecule has 1 heterocycles. The van der Waals surface area contributed by atoms with Crippen molar-refractivity contribution in [3.8, 4) is 0 Å². The van der Waals surface area contributed by atoms with Crippen LogP contribution in [0.1, 0.15) is 31.7 Å². The highest BCUT2D eigenvalue weighted by Gasteiger charge is 2.12. The first-order valence-electron chi connectivity index (χ1n) is 6.64. The van der Waals surface area contributed by atoms with Gasteiger partial charge in [-0.05, 0) is 24.1 Å². The second-order valence-electron chi connectivity index (χ2n) is 4.51. The molecule has 0 radical (unpaired) electrons. The van der Waals surface area contributed by atoms with Gasteiger partial charge in [0.2, 0.25) is 5.13 Å². The van der Waals surface area contributed by atoms with Crippen molar-refractivity contribution < 1.29 is 0 Å². The molecule has 0 spiro atoms. The minimum absolute atomic E-state index is 0.806. The van der Waals surface area contributed by atoms with Crippen molar-refractivity contribution in [1.82, 2.24) is 9.36 Å². The van der Waals surface area contributed by atoms with Crippen LogP contribution < -0.4 is 10.6 Å². The lowest BCUT2D eigenvalue weighted by Crippen LogP contribution is -2.23. The smallest absolute Gasteiger partial charge is 0.205 e. The highest BCUT2D eigenvalue weighted by molar-refractivity contribution is 7.09. The fourth-order valence-corrected chi connectivity index (χ4v) is 2.72. The van der Waals surface area contributed by atoms with Crippen LogP contribution in [-0.2, 0) is 13.0 Å². The van der Waals surface area contributed by atoms with Crippen LogP contribution >= 0.6 is 11.5 Å². The molecule has 0 aliphatic heterocycles. The lowest BCUT2D eigenvalue weighted by Gasteiger charge is -2.20. The lowest BCUT2D eigenvalue weighted by molar-refractivity contribution is 0.761. The van der Waals surface area contributed by atoms with Crippen molar-refractivity contribution in [3.05, 3.63) is 35.7 Å². The van der Waals surface area contributed by atoms with Crippen molar-refractivity contribution >= 4 is 22.4 Å². The van der Waals surface area contributed by atoms with Crippen molar-refractivity contribution in [1.29, 1.82) is 0 Å². The average molecular weight is 276 g/mol. The van der Waals surface area contributed by atoms with Gasteiger partial charge in [-0.2, -0.15) is 4.37 Å². The Kier molecular flexibility index (Phi) is 4.74. The van der Waals surface area contributed by atoms with Gasteiger partial charge in [0.15, 0.2) is 0 Å². The molecule has 19 heavy (non-hydrogen) atoms. The number of aromatic nitrogens is 2. The molecular formula is C14H20N4S. The molecule has 0 atom stereocenters. The number of nitrogen functional groups attached to an aromatic ring is 1. The quantitative estimate of drug-likeness (QED) is 0.824. The summed E-state index contributed by atoms with van der Waals surface area (Å²) in [6, 6.07) is 8.02. The van der Waals surface area contributed by atoms with Gasteiger partial charge in [-0.1, -0.05) is 26.0 Å². The first-order chi connectivity index (χ1) is 9.22. The van der Waals surface area contributed by atoms with Crippen molar-refractivity contribution in [2.75, 3.05) is 17.2 Å². The minimum Gasteiger partial charge on any atom is -0.399 e. The Balaban J connectivity index is 2.15. The van der Waals surface area contributed by atoms with E-state index in [1.54, 1.807) is 0 Å². The van der Waals surface area contributed by atoms with Crippen LogP contribution in [0.25, 0.3) is 0 Å². The first-order valence-corrected chi connectivity index (χ1v) is 7.42. The summed E-state index contributed by atoms with van der Waals surface area (Å²) in [6.45, 7) is 6.06.